The Bertz CT molecular complexity index is 407. The van der Waals surface area contributed by atoms with E-state index in [9.17, 15) is 0 Å². The molecule has 4 nitrogen and oxygen atoms in total. The summed E-state index contributed by atoms with van der Waals surface area (Å²) in [5.41, 5.74) is 1.35. The van der Waals surface area contributed by atoms with E-state index in [2.05, 4.69) is 26.2 Å². The zero-order valence-electron chi connectivity index (χ0n) is 9.65. The standard InChI is InChI=1S/C12H18N4/c1-10-4-2-6-15(8-10)9-12-14-13-11-5-3-7-16(11)12/h1-9H2. The first-order chi connectivity index (χ1) is 7.83. The molecule has 3 rings (SSSR count). The first-order valence-electron chi connectivity index (χ1n) is 6.13. The van der Waals surface area contributed by atoms with Crippen LogP contribution in [0, 0.1) is 0 Å². The molecule has 1 aromatic heterocycles. The lowest BCUT2D eigenvalue weighted by atomic mass is 10.1. The molecule has 86 valence electrons. The predicted octanol–water partition coefficient (Wildman–Crippen LogP) is 1.38. The lowest BCUT2D eigenvalue weighted by Crippen LogP contribution is -2.31. The summed E-state index contributed by atoms with van der Waals surface area (Å²) < 4.78 is 2.29. The number of fused-ring (bicyclic) bond motifs is 1. The van der Waals surface area contributed by atoms with E-state index in [0.29, 0.717) is 0 Å². The van der Waals surface area contributed by atoms with Crippen molar-refractivity contribution in [3.8, 4) is 0 Å². The molecule has 0 saturated carbocycles. The maximum Gasteiger partial charge on any atom is 0.147 e. The molecule has 0 unspecified atom stereocenters. The minimum absolute atomic E-state index is 0.937. The molecule has 1 aromatic rings. The second-order valence-corrected chi connectivity index (χ2v) is 4.85. The molecule has 0 amide bonds. The molecule has 0 aromatic carbocycles. The van der Waals surface area contributed by atoms with Gasteiger partial charge >= 0.3 is 0 Å². The third-order valence-corrected chi connectivity index (χ3v) is 3.50. The number of aryl methyl sites for hydroxylation is 1. The van der Waals surface area contributed by atoms with Crippen molar-refractivity contribution >= 4 is 0 Å². The van der Waals surface area contributed by atoms with Crippen molar-refractivity contribution in [3.63, 3.8) is 0 Å². The molecular weight excluding hydrogens is 200 g/mol. The number of rotatable bonds is 2. The summed E-state index contributed by atoms with van der Waals surface area (Å²) >= 11 is 0. The van der Waals surface area contributed by atoms with E-state index in [-0.39, 0.29) is 0 Å². The van der Waals surface area contributed by atoms with Gasteiger partial charge < -0.3 is 4.57 Å². The zero-order valence-corrected chi connectivity index (χ0v) is 9.65. The highest BCUT2D eigenvalue weighted by atomic mass is 15.3. The van der Waals surface area contributed by atoms with Crippen LogP contribution in [0.25, 0.3) is 0 Å². The predicted molar refractivity (Wildman–Crippen MR) is 62.0 cm³/mol. The number of hydrogen-bond donors (Lipinski definition) is 0. The average Bonchev–Trinajstić information content (AvgIpc) is 2.83. The van der Waals surface area contributed by atoms with E-state index in [1.807, 2.05) is 0 Å². The molecule has 2 aliphatic heterocycles. The normalized spacial score (nSPS) is 21.4. The van der Waals surface area contributed by atoms with E-state index in [4.69, 9.17) is 0 Å². The second kappa shape index (κ2) is 4.01. The Hall–Kier alpha value is -1.16. The first kappa shape index (κ1) is 10.0. The van der Waals surface area contributed by atoms with E-state index >= 15 is 0 Å². The van der Waals surface area contributed by atoms with Gasteiger partial charge in [0.2, 0.25) is 0 Å². The van der Waals surface area contributed by atoms with Gasteiger partial charge in [0.25, 0.3) is 0 Å². The van der Waals surface area contributed by atoms with Crippen LogP contribution in [0.1, 0.15) is 30.9 Å². The van der Waals surface area contributed by atoms with Crippen molar-refractivity contribution < 1.29 is 0 Å². The van der Waals surface area contributed by atoms with Gasteiger partial charge in [-0.25, -0.2) is 0 Å². The highest BCUT2D eigenvalue weighted by Crippen LogP contribution is 2.18. The van der Waals surface area contributed by atoms with Gasteiger partial charge in [-0.3, -0.25) is 4.90 Å². The number of nitrogens with zero attached hydrogens (tertiary/aromatic N) is 4. The lowest BCUT2D eigenvalue weighted by Gasteiger charge is -2.27. The van der Waals surface area contributed by atoms with Gasteiger partial charge in [0.05, 0.1) is 6.54 Å². The molecule has 0 aliphatic carbocycles. The van der Waals surface area contributed by atoms with Crippen LogP contribution in [0.4, 0.5) is 0 Å². The molecule has 3 heterocycles. The van der Waals surface area contributed by atoms with Gasteiger partial charge in [-0.15, -0.1) is 10.2 Å². The maximum atomic E-state index is 4.30. The van der Waals surface area contributed by atoms with Gasteiger partial charge in [-0.2, -0.15) is 0 Å². The average molecular weight is 218 g/mol. The lowest BCUT2D eigenvalue weighted by molar-refractivity contribution is 0.248. The van der Waals surface area contributed by atoms with Gasteiger partial charge in [0, 0.05) is 19.5 Å². The number of likely N-dealkylation sites (tertiary alicyclic amines) is 1. The highest BCUT2D eigenvalue weighted by Gasteiger charge is 2.20. The van der Waals surface area contributed by atoms with E-state index in [0.717, 1.165) is 31.9 Å². The summed E-state index contributed by atoms with van der Waals surface area (Å²) in [5, 5.41) is 8.54. The van der Waals surface area contributed by atoms with Crippen LogP contribution >= 0.6 is 0 Å². The quantitative estimate of drug-likeness (QED) is 0.703. The van der Waals surface area contributed by atoms with E-state index in [1.165, 1.54) is 37.2 Å². The van der Waals surface area contributed by atoms with Crippen LogP contribution in [-0.4, -0.2) is 32.8 Å². The monoisotopic (exact) mass is 218 g/mol. The van der Waals surface area contributed by atoms with Crippen molar-refractivity contribution in [3.05, 3.63) is 23.8 Å². The molecule has 2 aliphatic rings. The summed E-state index contributed by atoms with van der Waals surface area (Å²) in [7, 11) is 0. The zero-order chi connectivity index (χ0) is 11.0. The van der Waals surface area contributed by atoms with Gasteiger partial charge in [0.1, 0.15) is 11.6 Å². The Morgan fingerprint density at radius 1 is 1.12 bits per heavy atom. The van der Waals surface area contributed by atoms with Crippen molar-refractivity contribution in [2.75, 3.05) is 13.1 Å². The third kappa shape index (κ3) is 1.78. The van der Waals surface area contributed by atoms with Crippen LogP contribution in [0.2, 0.25) is 0 Å². The highest BCUT2D eigenvalue weighted by molar-refractivity contribution is 5.04. The molecule has 0 N–H and O–H groups in total. The van der Waals surface area contributed by atoms with Crippen LogP contribution in [0.3, 0.4) is 0 Å². The Balaban J connectivity index is 1.71. The third-order valence-electron chi connectivity index (χ3n) is 3.50. The fourth-order valence-electron chi connectivity index (χ4n) is 2.69. The van der Waals surface area contributed by atoms with E-state index in [1.54, 1.807) is 0 Å². The van der Waals surface area contributed by atoms with Gasteiger partial charge in [-0.1, -0.05) is 12.2 Å². The minimum atomic E-state index is 0.937. The number of piperidine rings is 1. The Morgan fingerprint density at radius 3 is 2.88 bits per heavy atom. The van der Waals surface area contributed by atoms with Crippen molar-refractivity contribution in [2.24, 2.45) is 0 Å². The fraction of sp³-hybridized carbons (Fsp3) is 0.667. The smallest absolute Gasteiger partial charge is 0.147 e. The largest absolute Gasteiger partial charge is 0.314 e. The van der Waals surface area contributed by atoms with Gasteiger partial charge in [0.15, 0.2) is 0 Å². The summed E-state index contributed by atoms with van der Waals surface area (Å²) in [4.78, 5) is 2.43. The summed E-state index contributed by atoms with van der Waals surface area (Å²) in [6.45, 7) is 8.32. The molecule has 0 atom stereocenters. The fourth-order valence-corrected chi connectivity index (χ4v) is 2.69. The topological polar surface area (TPSA) is 34.0 Å². The number of aromatic nitrogens is 3. The molecule has 0 bridgehead atoms. The molecule has 0 radical (unpaired) electrons. The molecule has 16 heavy (non-hydrogen) atoms. The van der Waals surface area contributed by atoms with E-state index < -0.39 is 0 Å². The van der Waals surface area contributed by atoms with Crippen molar-refractivity contribution in [2.45, 2.75) is 38.8 Å². The molecule has 0 spiro atoms. The van der Waals surface area contributed by atoms with Crippen LogP contribution in [-0.2, 0) is 19.5 Å². The molecule has 4 heteroatoms. The second-order valence-electron chi connectivity index (χ2n) is 4.85. The number of hydrogen-bond acceptors (Lipinski definition) is 3. The summed E-state index contributed by atoms with van der Waals surface area (Å²) in [6, 6.07) is 0. The SMILES string of the molecule is C=C1CCCN(Cc2nnc3n2CCC3)C1. The summed E-state index contributed by atoms with van der Waals surface area (Å²) in [6.07, 6.45) is 4.75. The Morgan fingerprint density at radius 2 is 2.00 bits per heavy atom. The van der Waals surface area contributed by atoms with Crippen LogP contribution < -0.4 is 0 Å². The first-order valence-corrected chi connectivity index (χ1v) is 6.13. The van der Waals surface area contributed by atoms with Crippen molar-refractivity contribution in [1.82, 2.24) is 19.7 Å². The van der Waals surface area contributed by atoms with Gasteiger partial charge in [-0.05, 0) is 25.8 Å². The molecular formula is C12H18N4. The molecule has 1 saturated heterocycles. The van der Waals surface area contributed by atoms with Crippen molar-refractivity contribution in [1.29, 1.82) is 0 Å². The maximum absolute atomic E-state index is 4.30. The van der Waals surface area contributed by atoms with Crippen LogP contribution in [0.5, 0.6) is 0 Å². The Kier molecular flexibility index (Phi) is 2.52. The Labute approximate surface area is 96.0 Å². The van der Waals surface area contributed by atoms with Crippen LogP contribution in [0.15, 0.2) is 12.2 Å². The summed E-state index contributed by atoms with van der Waals surface area (Å²) in [5.74, 6) is 2.31. The molecule has 1 fully saturated rings. The minimum Gasteiger partial charge on any atom is -0.314 e.